The Kier molecular flexibility index (Phi) is 6.61. The molecule has 1 aromatic rings. The second kappa shape index (κ2) is 7.98. The third-order valence-corrected chi connectivity index (χ3v) is 4.05. The first-order valence-corrected chi connectivity index (χ1v) is 8.62. The number of sulfonamides is 1. The summed E-state index contributed by atoms with van der Waals surface area (Å²) in [5.74, 6) is -0.0622. The minimum Gasteiger partial charge on any atom is -0.355 e. The number of nitrogens with zero attached hydrogens (tertiary/aromatic N) is 1. The lowest BCUT2D eigenvalue weighted by molar-refractivity contribution is 0.599. The van der Waals surface area contributed by atoms with E-state index in [9.17, 15) is 12.8 Å². The topological polar surface area (TPSA) is 82.6 Å². The summed E-state index contributed by atoms with van der Waals surface area (Å²) in [5.41, 5.74) is 0.681. The Morgan fingerprint density at radius 3 is 2.59 bits per heavy atom. The van der Waals surface area contributed by atoms with Crippen molar-refractivity contribution in [3.8, 4) is 0 Å². The molecule has 0 radical (unpaired) electrons. The van der Waals surface area contributed by atoms with Crippen LogP contribution in [0.25, 0.3) is 0 Å². The largest absolute Gasteiger partial charge is 0.355 e. The Morgan fingerprint density at radius 1 is 1.36 bits per heavy atom. The minimum atomic E-state index is -3.56. The van der Waals surface area contributed by atoms with E-state index in [2.05, 4.69) is 20.3 Å². The van der Waals surface area contributed by atoms with Gasteiger partial charge in [-0.2, -0.15) is 0 Å². The second-order valence-corrected chi connectivity index (χ2v) is 7.02. The molecule has 3 N–H and O–H groups in total. The SMILES string of the molecule is CN=C(NCCS(=O)(=O)Nc1ccc(C)c(F)c1)NC(C)C. The van der Waals surface area contributed by atoms with Gasteiger partial charge in [-0.05, 0) is 38.5 Å². The Hall–Kier alpha value is -1.83. The van der Waals surface area contributed by atoms with Crippen molar-refractivity contribution in [3.05, 3.63) is 29.6 Å². The van der Waals surface area contributed by atoms with Crippen LogP contribution < -0.4 is 15.4 Å². The van der Waals surface area contributed by atoms with Crippen molar-refractivity contribution in [1.29, 1.82) is 0 Å². The molecule has 0 aliphatic carbocycles. The van der Waals surface area contributed by atoms with E-state index in [1.807, 2.05) is 13.8 Å². The van der Waals surface area contributed by atoms with Crippen LogP contribution in [0.15, 0.2) is 23.2 Å². The summed E-state index contributed by atoms with van der Waals surface area (Å²) in [6.45, 7) is 5.72. The van der Waals surface area contributed by atoms with Gasteiger partial charge in [0.2, 0.25) is 10.0 Å². The van der Waals surface area contributed by atoms with Crippen LogP contribution in [0.4, 0.5) is 10.1 Å². The Labute approximate surface area is 131 Å². The molecule has 0 atom stereocenters. The number of halogens is 1. The molecule has 0 saturated carbocycles. The van der Waals surface area contributed by atoms with Gasteiger partial charge in [0.25, 0.3) is 0 Å². The van der Waals surface area contributed by atoms with Crippen LogP contribution in [0.1, 0.15) is 19.4 Å². The number of hydrogen-bond acceptors (Lipinski definition) is 3. The maximum absolute atomic E-state index is 13.4. The van der Waals surface area contributed by atoms with E-state index in [0.29, 0.717) is 11.5 Å². The smallest absolute Gasteiger partial charge is 0.234 e. The van der Waals surface area contributed by atoms with E-state index in [1.54, 1.807) is 14.0 Å². The van der Waals surface area contributed by atoms with Crippen LogP contribution in [-0.2, 0) is 10.0 Å². The highest BCUT2D eigenvalue weighted by Gasteiger charge is 2.12. The van der Waals surface area contributed by atoms with Crippen molar-refractivity contribution in [2.45, 2.75) is 26.8 Å². The predicted octanol–water partition coefficient (Wildman–Crippen LogP) is 1.45. The maximum atomic E-state index is 13.4. The maximum Gasteiger partial charge on any atom is 0.234 e. The van der Waals surface area contributed by atoms with Gasteiger partial charge in [-0.15, -0.1) is 0 Å². The normalized spacial score (nSPS) is 12.4. The van der Waals surface area contributed by atoms with Gasteiger partial charge in [0.05, 0.1) is 11.4 Å². The zero-order valence-corrected chi connectivity index (χ0v) is 14.1. The second-order valence-electron chi connectivity index (χ2n) is 5.18. The van der Waals surface area contributed by atoms with E-state index >= 15 is 0 Å². The fourth-order valence-corrected chi connectivity index (χ4v) is 2.62. The number of anilines is 1. The first-order chi connectivity index (χ1) is 10.2. The van der Waals surface area contributed by atoms with Gasteiger partial charge in [0.1, 0.15) is 5.82 Å². The number of rotatable bonds is 6. The number of nitrogens with one attached hydrogen (secondary N) is 3. The lowest BCUT2D eigenvalue weighted by Gasteiger charge is -2.14. The number of guanidine groups is 1. The molecule has 0 spiro atoms. The standard InChI is InChI=1S/C14H23FN4O2S/c1-10(2)18-14(16-4)17-7-8-22(20,21)19-12-6-5-11(3)13(15)9-12/h5-6,9-10,19H,7-8H2,1-4H3,(H2,16,17,18). The summed E-state index contributed by atoms with van der Waals surface area (Å²) in [6.07, 6.45) is 0. The van der Waals surface area contributed by atoms with Gasteiger partial charge in [-0.1, -0.05) is 6.07 Å². The Bertz CT molecular complexity index is 630. The fourth-order valence-electron chi connectivity index (χ4n) is 1.66. The average molecular weight is 330 g/mol. The van der Waals surface area contributed by atoms with Crippen LogP contribution in [0, 0.1) is 12.7 Å². The molecule has 124 valence electrons. The molecule has 0 fully saturated rings. The summed E-state index contributed by atoms with van der Waals surface area (Å²) >= 11 is 0. The first-order valence-electron chi connectivity index (χ1n) is 6.97. The van der Waals surface area contributed by atoms with Crippen molar-refractivity contribution < 1.29 is 12.8 Å². The van der Waals surface area contributed by atoms with Crippen molar-refractivity contribution in [3.63, 3.8) is 0 Å². The van der Waals surface area contributed by atoms with Crippen LogP contribution >= 0.6 is 0 Å². The summed E-state index contributed by atoms with van der Waals surface area (Å²) in [6, 6.07) is 4.42. The number of aliphatic imine (C=N–C) groups is 1. The van der Waals surface area contributed by atoms with Gasteiger partial charge in [0, 0.05) is 19.6 Å². The van der Waals surface area contributed by atoms with Gasteiger partial charge in [0.15, 0.2) is 5.96 Å². The number of aryl methyl sites for hydroxylation is 1. The molecule has 0 aliphatic rings. The lowest BCUT2D eigenvalue weighted by atomic mass is 10.2. The van der Waals surface area contributed by atoms with Crippen LogP contribution in [-0.4, -0.2) is 39.8 Å². The molecule has 6 nitrogen and oxygen atoms in total. The first kappa shape index (κ1) is 18.2. The number of hydrogen-bond donors (Lipinski definition) is 3. The fraction of sp³-hybridized carbons (Fsp3) is 0.500. The molecule has 0 aliphatic heterocycles. The average Bonchev–Trinajstić information content (AvgIpc) is 2.40. The molecular formula is C14H23FN4O2S. The molecule has 22 heavy (non-hydrogen) atoms. The van der Waals surface area contributed by atoms with E-state index in [-0.39, 0.29) is 24.0 Å². The number of benzene rings is 1. The molecule has 0 aromatic heterocycles. The van der Waals surface area contributed by atoms with Gasteiger partial charge in [-0.3, -0.25) is 9.71 Å². The molecule has 0 saturated heterocycles. The van der Waals surface area contributed by atoms with Crippen LogP contribution in [0.5, 0.6) is 0 Å². The molecule has 0 bridgehead atoms. The predicted molar refractivity (Wildman–Crippen MR) is 88.2 cm³/mol. The van der Waals surface area contributed by atoms with E-state index < -0.39 is 15.8 Å². The molecule has 0 unspecified atom stereocenters. The third-order valence-electron chi connectivity index (χ3n) is 2.76. The van der Waals surface area contributed by atoms with Crippen molar-refractivity contribution in [2.75, 3.05) is 24.1 Å². The summed E-state index contributed by atoms with van der Waals surface area (Å²) in [4.78, 5) is 3.98. The summed E-state index contributed by atoms with van der Waals surface area (Å²) in [5, 5.41) is 5.96. The molecule has 1 rings (SSSR count). The van der Waals surface area contributed by atoms with E-state index in [0.717, 1.165) is 0 Å². The van der Waals surface area contributed by atoms with Crippen LogP contribution in [0.2, 0.25) is 0 Å². The Morgan fingerprint density at radius 2 is 2.05 bits per heavy atom. The summed E-state index contributed by atoms with van der Waals surface area (Å²) < 4.78 is 39.7. The highest BCUT2D eigenvalue weighted by Crippen LogP contribution is 2.14. The summed E-state index contributed by atoms with van der Waals surface area (Å²) in [7, 11) is -1.95. The quantitative estimate of drug-likeness (QED) is 0.545. The van der Waals surface area contributed by atoms with E-state index in [4.69, 9.17) is 0 Å². The molecule has 8 heteroatoms. The lowest BCUT2D eigenvalue weighted by Crippen LogP contribution is -2.43. The Balaban J connectivity index is 2.55. The van der Waals surface area contributed by atoms with Gasteiger partial charge < -0.3 is 10.6 Å². The molecule has 0 amide bonds. The van der Waals surface area contributed by atoms with E-state index in [1.165, 1.54) is 18.2 Å². The molecule has 1 aromatic carbocycles. The zero-order chi connectivity index (χ0) is 16.8. The van der Waals surface area contributed by atoms with Crippen LogP contribution in [0.3, 0.4) is 0 Å². The van der Waals surface area contributed by atoms with Gasteiger partial charge in [-0.25, -0.2) is 12.8 Å². The zero-order valence-electron chi connectivity index (χ0n) is 13.3. The highest BCUT2D eigenvalue weighted by atomic mass is 32.2. The molecule has 0 heterocycles. The van der Waals surface area contributed by atoms with Crippen molar-refractivity contribution in [2.24, 2.45) is 4.99 Å². The monoisotopic (exact) mass is 330 g/mol. The minimum absolute atomic E-state index is 0.151. The third kappa shape index (κ3) is 6.30. The highest BCUT2D eigenvalue weighted by molar-refractivity contribution is 7.92. The molecular weight excluding hydrogens is 307 g/mol. The van der Waals surface area contributed by atoms with Gasteiger partial charge >= 0.3 is 0 Å². The van der Waals surface area contributed by atoms with Crippen molar-refractivity contribution >= 4 is 21.7 Å². The van der Waals surface area contributed by atoms with Crippen molar-refractivity contribution in [1.82, 2.24) is 10.6 Å².